The third-order valence-electron chi connectivity index (χ3n) is 2.46. The molecule has 0 bridgehead atoms. The van der Waals surface area contributed by atoms with Crippen LogP contribution in [0.2, 0.25) is 0 Å². The maximum atomic E-state index is 13.4. The van der Waals surface area contributed by atoms with Gasteiger partial charge in [-0.3, -0.25) is 8.89 Å². The molecule has 0 spiro atoms. The van der Waals surface area contributed by atoms with E-state index in [0.29, 0.717) is 0 Å². The van der Waals surface area contributed by atoms with E-state index in [2.05, 4.69) is 5.10 Å². The quantitative estimate of drug-likeness (QED) is 0.839. The first kappa shape index (κ1) is 12.0. The molecular weight excluding hydrogens is 239 g/mol. The predicted molar refractivity (Wildman–Crippen MR) is 64.5 cm³/mol. The Morgan fingerprint density at radius 3 is 2.71 bits per heavy atom. The summed E-state index contributed by atoms with van der Waals surface area (Å²) in [5, 5.41) is 4.17. The van der Waals surface area contributed by atoms with Gasteiger partial charge in [0, 0.05) is 7.05 Å². The number of nitrogens with zero attached hydrogens (tertiary/aromatic N) is 2. The van der Waals surface area contributed by atoms with Crippen LogP contribution in [0.15, 0.2) is 35.2 Å². The Kier molecular flexibility index (Phi) is 3.38. The highest BCUT2D eigenvalue weighted by Gasteiger charge is 2.12. The van der Waals surface area contributed by atoms with Gasteiger partial charge in [-0.25, -0.2) is 4.39 Å². The topological polar surface area (TPSA) is 34.9 Å². The molecule has 5 heteroatoms. The molecule has 1 heterocycles. The Balaban J connectivity index is 2.23. The summed E-state index contributed by atoms with van der Waals surface area (Å²) in [7, 11) is 0.414. The zero-order valence-corrected chi connectivity index (χ0v) is 10.5. The second-order valence-corrected chi connectivity index (χ2v) is 5.24. The molecule has 0 N–H and O–H groups in total. The summed E-state index contributed by atoms with van der Waals surface area (Å²) >= 11 is 0. The van der Waals surface area contributed by atoms with Gasteiger partial charge in [0.1, 0.15) is 5.82 Å². The predicted octanol–water partition coefficient (Wildman–Crippen LogP) is 2.18. The smallest absolute Gasteiger partial charge is 0.139 e. The minimum Gasteiger partial charge on any atom is -0.271 e. The number of aromatic nitrogens is 2. The van der Waals surface area contributed by atoms with Crippen LogP contribution in [0.25, 0.3) is 0 Å². The van der Waals surface area contributed by atoms with E-state index in [1.54, 1.807) is 29.9 Å². The Morgan fingerprint density at radius 2 is 2.12 bits per heavy atom. The van der Waals surface area contributed by atoms with Crippen LogP contribution in [0, 0.1) is 12.7 Å². The lowest BCUT2D eigenvalue weighted by atomic mass is 10.3. The maximum absolute atomic E-state index is 13.4. The van der Waals surface area contributed by atoms with Gasteiger partial charge in [-0.15, -0.1) is 0 Å². The molecule has 90 valence electrons. The van der Waals surface area contributed by atoms with Crippen molar-refractivity contribution < 1.29 is 8.60 Å². The molecule has 0 aliphatic heterocycles. The molecule has 1 aromatic carbocycles. The minimum absolute atomic E-state index is 0.242. The Bertz CT molecular complexity index is 565. The lowest BCUT2D eigenvalue weighted by Gasteiger charge is -2.03. The summed E-state index contributed by atoms with van der Waals surface area (Å²) < 4.78 is 27.1. The van der Waals surface area contributed by atoms with Crippen molar-refractivity contribution in [1.82, 2.24) is 9.78 Å². The fraction of sp³-hybridized carbons (Fsp3) is 0.250. The van der Waals surface area contributed by atoms with Gasteiger partial charge in [0.05, 0.1) is 32.8 Å². The van der Waals surface area contributed by atoms with Crippen LogP contribution in [0.5, 0.6) is 0 Å². The minimum atomic E-state index is -1.38. The van der Waals surface area contributed by atoms with Gasteiger partial charge < -0.3 is 0 Å². The van der Waals surface area contributed by atoms with Crippen LogP contribution in [-0.4, -0.2) is 14.0 Å². The number of rotatable bonds is 3. The van der Waals surface area contributed by atoms with Gasteiger partial charge in [-0.1, -0.05) is 12.1 Å². The zero-order valence-electron chi connectivity index (χ0n) is 9.68. The van der Waals surface area contributed by atoms with Crippen molar-refractivity contribution in [2.24, 2.45) is 7.05 Å². The molecule has 0 aliphatic carbocycles. The standard InChI is InChI=1S/C12H13FN2OS/c1-9-7-10(15(2)14-9)8-17(16)12-6-4-3-5-11(12)13/h3-7H,8H2,1-2H3. The van der Waals surface area contributed by atoms with Crippen molar-refractivity contribution in [2.75, 3.05) is 0 Å². The second kappa shape index (κ2) is 4.79. The molecule has 0 amide bonds. The Labute approximate surface area is 102 Å². The Hall–Kier alpha value is -1.49. The van der Waals surface area contributed by atoms with Crippen LogP contribution in [0.4, 0.5) is 4.39 Å². The SMILES string of the molecule is Cc1cc(CS(=O)c2ccccc2F)n(C)n1. The number of hydrogen-bond donors (Lipinski definition) is 0. The lowest BCUT2D eigenvalue weighted by Crippen LogP contribution is -2.04. The van der Waals surface area contributed by atoms with Crippen molar-refractivity contribution in [3.05, 3.63) is 47.5 Å². The fourth-order valence-corrected chi connectivity index (χ4v) is 2.85. The monoisotopic (exact) mass is 252 g/mol. The van der Waals surface area contributed by atoms with E-state index >= 15 is 0 Å². The molecule has 3 nitrogen and oxygen atoms in total. The molecule has 0 saturated carbocycles. The first-order valence-electron chi connectivity index (χ1n) is 5.20. The molecule has 0 saturated heterocycles. The first-order valence-corrected chi connectivity index (χ1v) is 6.52. The summed E-state index contributed by atoms with van der Waals surface area (Å²) in [4.78, 5) is 0.242. The van der Waals surface area contributed by atoms with E-state index in [0.717, 1.165) is 11.4 Å². The van der Waals surface area contributed by atoms with E-state index < -0.39 is 16.6 Å². The molecule has 0 aliphatic rings. The van der Waals surface area contributed by atoms with Crippen LogP contribution in [-0.2, 0) is 23.6 Å². The van der Waals surface area contributed by atoms with Crippen molar-refractivity contribution in [3.8, 4) is 0 Å². The summed E-state index contributed by atoms with van der Waals surface area (Å²) in [5.41, 5.74) is 1.71. The van der Waals surface area contributed by atoms with Gasteiger partial charge in [-0.05, 0) is 25.1 Å². The molecule has 0 fully saturated rings. The first-order chi connectivity index (χ1) is 8.08. The van der Waals surface area contributed by atoms with Gasteiger partial charge >= 0.3 is 0 Å². The largest absolute Gasteiger partial charge is 0.271 e. The number of hydrogen-bond acceptors (Lipinski definition) is 2. The third kappa shape index (κ3) is 2.61. The van der Waals surface area contributed by atoms with Crippen LogP contribution in [0.3, 0.4) is 0 Å². The number of benzene rings is 1. The normalized spacial score (nSPS) is 12.6. The molecule has 1 atom stereocenters. The van der Waals surface area contributed by atoms with E-state index in [1.165, 1.54) is 6.07 Å². The van der Waals surface area contributed by atoms with E-state index in [4.69, 9.17) is 0 Å². The summed E-state index contributed by atoms with van der Waals surface area (Å²) in [5.74, 6) is -0.150. The number of halogens is 1. The van der Waals surface area contributed by atoms with E-state index in [1.807, 2.05) is 13.0 Å². The summed E-state index contributed by atoms with van der Waals surface area (Å²) in [6.07, 6.45) is 0. The summed E-state index contributed by atoms with van der Waals surface area (Å²) in [6, 6.07) is 8.00. The van der Waals surface area contributed by atoms with Crippen molar-refractivity contribution >= 4 is 10.8 Å². The lowest BCUT2D eigenvalue weighted by molar-refractivity contribution is 0.594. The van der Waals surface area contributed by atoms with Crippen LogP contribution >= 0.6 is 0 Å². The third-order valence-corrected chi connectivity index (χ3v) is 3.84. The van der Waals surface area contributed by atoms with Crippen LogP contribution in [0.1, 0.15) is 11.4 Å². The molecule has 1 unspecified atom stereocenters. The highest BCUT2D eigenvalue weighted by Crippen LogP contribution is 2.15. The van der Waals surface area contributed by atoms with Crippen molar-refractivity contribution in [2.45, 2.75) is 17.6 Å². The van der Waals surface area contributed by atoms with Crippen molar-refractivity contribution in [1.29, 1.82) is 0 Å². The van der Waals surface area contributed by atoms with Gasteiger partial charge in [0.25, 0.3) is 0 Å². The Morgan fingerprint density at radius 1 is 1.41 bits per heavy atom. The summed E-state index contributed by atoms with van der Waals surface area (Å²) in [6.45, 7) is 1.87. The van der Waals surface area contributed by atoms with Gasteiger partial charge in [-0.2, -0.15) is 5.10 Å². The number of aryl methyl sites for hydroxylation is 2. The molecule has 0 radical (unpaired) electrons. The zero-order chi connectivity index (χ0) is 12.4. The molecular formula is C12H13FN2OS. The highest BCUT2D eigenvalue weighted by atomic mass is 32.2. The van der Waals surface area contributed by atoms with Gasteiger partial charge in [0.15, 0.2) is 0 Å². The van der Waals surface area contributed by atoms with Crippen molar-refractivity contribution in [3.63, 3.8) is 0 Å². The second-order valence-electron chi connectivity index (χ2n) is 3.82. The molecule has 1 aromatic heterocycles. The van der Waals surface area contributed by atoms with E-state index in [9.17, 15) is 8.60 Å². The maximum Gasteiger partial charge on any atom is 0.139 e. The molecule has 2 rings (SSSR count). The fourth-order valence-electron chi connectivity index (χ4n) is 1.64. The molecule has 2 aromatic rings. The van der Waals surface area contributed by atoms with Crippen LogP contribution < -0.4 is 0 Å². The van der Waals surface area contributed by atoms with Gasteiger partial charge in [0.2, 0.25) is 0 Å². The highest BCUT2D eigenvalue weighted by molar-refractivity contribution is 7.84. The van der Waals surface area contributed by atoms with E-state index in [-0.39, 0.29) is 10.6 Å². The average molecular weight is 252 g/mol. The molecule has 17 heavy (non-hydrogen) atoms. The average Bonchev–Trinajstić information content (AvgIpc) is 2.58.